The van der Waals surface area contributed by atoms with Gasteiger partial charge in [-0.2, -0.15) is 4.98 Å². The molecular weight excluding hydrogens is 512 g/mol. The molecule has 8 nitrogen and oxygen atoms in total. The van der Waals surface area contributed by atoms with E-state index in [1.807, 2.05) is 37.3 Å². The van der Waals surface area contributed by atoms with E-state index < -0.39 is 6.04 Å². The molecule has 1 aliphatic rings. The van der Waals surface area contributed by atoms with Crippen LogP contribution in [-0.4, -0.2) is 40.2 Å². The van der Waals surface area contributed by atoms with Crippen molar-refractivity contribution in [3.05, 3.63) is 70.4 Å². The van der Waals surface area contributed by atoms with Gasteiger partial charge >= 0.3 is 5.97 Å². The van der Waals surface area contributed by atoms with Crippen LogP contribution < -0.4 is 14.8 Å². The number of esters is 1. The fourth-order valence-corrected chi connectivity index (χ4v) is 5.27. The van der Waals surface area contributed by atoms with Crippen LogP contribution in [0.5, 0.6) is 11.5 Å². The molecule has 1 aliphatic heterocycles. The average Bonchev–Trinajstić information content (AvgIpc) is 3.34. The molecule has 1 unspecified atom stereocenters. The van der Waals surface area contributed by atoms with Crippen LogP contribution in [0.25, 0.3) is 0 Å². The van der Waals surface area contributed by atoms with Gasteiger partial charge in [-0.05, 0) is 55.5 Å². The van der Waals surface area contributed by atoms with Gasteiger partial charge in [0.25, 0.3) is 0 Å². The van der Waals surface area contributed by atoms with Crippen LogP contribution in [0.3, 0.4) is 0 Å². The van der Waals surface area contributed by atoms with Crippen LogP contribution in [0.2, 0.25) is 0 Å². The Bertz CT molecular complexity index is 1320. The molecule has 0 bridgehead atoms. The van der Waals surface area contributed by atoms with Crippen molar-refractivity contribution >= 4 is 23.7 Å². The smallest absolute Gasteiger partial charge is 0.338 e. The summed E-state index contributed by atoms with van der Waals surface area (Å²) in [7, 11) is 1.62. The molecule has 39 heavy (non-hydrogen) atoms. The first kappa shape index (κ1) is 28.5. The number of benzene rings is 2. The number of methoxy groups -OCH3 is 1. The molecule has 2 aromatic carbocycles. The third-order valence-corrected chi connectivity index (χ3v) is 7.58. The third kappa shape index (κ3) is 6.76. The summed E-state index contributed by atoms with van der Waals surface area (Å²) < 4.78 is 19.3. The number of carbonyl (C=O) groups is 1. The second-order valence-electron chi connectivity index (χ2n) is 9.55. The molecule has 0 amide bonds. The van der Waals surface area contributed by atoms with Gasteiger partial charge in [0.05, 0.1) is 19.3 Å². The van der Waals surface area contributed by atoms with Crippen molar-refractivity contribution in [2.24, 2.45) is 0 Å². The van der Waals surface area contributed by atoms with Crippen LogP contribution in [0.4, 0.5) is 5.95 Å². The van der Waals surface area contributed by atoms with E-state index in [1.165, 1.54) is 5.56 Å². The Morgan fingerprint density at radius 1 is 1.08 bits per heavy atom. The SMILES string of the molecule is CCCCOC(=O)C1=C(C)Nc2nc(SCCCC)nn2C1c1ccc(OCc2ccccc2C)c(OC)c1. The van der Waals surface area contributed by atoms with Gasteiger partial charge in [0.1, 0.15) is 12.6 Å². The minimum absolute atomic E-state index is 0.362. The van der Waals surface area contributed by atoms with E-state index >= 15 is 0 Å². The summed E-state index contributed by atoms with van der Waals surface area (Å²) in [5.74, 6) is 2.37. The van der Waals surface area contributed by atoms with E-state index in [1.54, 1.807) is 23.6 Å². The number of carbonyl (C=O) groups excluding carboxylic acids is 1. The summed E-state index contributed by atoms with van der Waals surface area (Å²) >= 11 is 1.62. The predicted octanol–water partition coefficient (Wildman–Crippen LogP) is 6.70. The highest BCUT2D eigenvalue weighted by atomic mass is 32.2. The Morgan fingerprint density at radius 3 is 2.62 bits per heavy atom. The molecule has 208 valence electrons. The number of hydrogen-bond acceptors (Lipinski definition) is 8. The van der Waals surface area contributed by atoms with Gasteiger partial charge in [0, 0.05) is 11.4 Å². The molecule has 0 spiro atoms. The maximum Gasteiger partial charge on any atom is 0.338 e. The normalized spacial score (nSPS) is 14.5. The van der Waals surface area contributed by atoms with Gasteiger partial charge in [0.2, 0.25) is 11.1 Å². The van der Waals surface area contributed by atoms with E-state index in [-0.39, 0.29) is 5.97 Å². The molecule has 0 fully saturated rings. The molecule has 1 atom stereocenters. The first-order valence-electron chi connectivity index (χ1n) is 13.6. The molecule has 1 aromatic heterocycles. The van der Waals surface area contributed by atoms with Gasteiger partial charge in [-0.1, -0.05) is 68.8 Å². The van der Waals surface area contributed by atoms with E-state index in [2.05, 4.69) is 38.2 Å². The molecule has 0 saturated heterocycles. The summed E-state index contributed by atoms with van der Waals surface area (Å²) in [6, 6.07) is 13.4. The van der Waals surface area contributed by atoms with Gasteiger partial charge in [-0.3, -0.25) is 0 Å². The Labute approximate surface area is 235 Å². The number of fused-ring (bicyclic) bond motifs is 1. The molecule has 0 aliphatic carbocycles. The van der Waals surface area contributed by atoms with Crippen LogP contribution in [0.15, 0.2) is 58.9 Å². The lowest BCUT2D eigenvalue weighted by Crippen LogP contribution is -2.29. The number of hydrogen-bond donors (Lipinski definition) is 1. The Morgan fingerprint density at radius 2 is 1.87 bits per heavy atom. The standard InChI is InChI=1S/C30H38N4O4S/c1-6-8-16-37-28(35)26-21(4)31-29-32-30(39-17-9-7-2)33-34(29)27(26)22-14-15-24(25(18-22)36-5)38-19-23-13-11-10-12-20(23)3/h10-15,18,27H,6-9,16-17,19H2,1-5H3,(H,31,32,33). The number of ether oxygens (including phenoxy) is 3. The second-order valence-corrected chi connectivity index (χ2v) is 10.6. The lowest BCUT2D eigenvalue weighted by atomic mass is 9.95. The molecule has 0 radical (unpaired) electrons. The Hall–Kier alpha value is -3.46. The van der Waals surface area contributed by atoms with Gasteiger partial charge in [-0.15, -0.1) is 5.10 Å². The first-order chi connectivity index (χ1) is 19.0. The van der Waals surface area contributed by atoms with Crippen molar-refractivity contribution in [3.63, 3.8) is 0 Å². The third-order valence-electron chi connectivity index (χ3n) is 6.66. The Balaban J connectivity index is 1.68. The minimum Gasteiger partial charge on any atom is -0.493 e. The highest BCUT2D eigenvalue weighted by molar-refractivity contribution is 7.99. The second kappa shape index (κ2) is 13.6. The van der Waals surface area contributed by atoms with E-state index in [9.17, 15) is 4.79 Å². The van der Waals surface area contributed by atoms with E-state index in [4.69, 9.17) is 24.3 Å². The van der Waals surface area contributed by atoms with Crippen molar-refractivity contribution in [2.45, 2.75) is 71.2 Å². The van der Waals surface area contributed by atoms with Crippen molar-refractivity contribution < 1.29 is 19.0 Å². The van der Waals surface area contributed by atoms with Crippen molar-refractivity contribution in [1.82, 2.24) is 14.8 Å². The highest BCUT2D eigenvalue weighted by Gasteiger charge is 2.35. The fraction of sp³-hybridized carbons (Fsp3) is 0.433. The lowest BCUT2D eigenvalue weighted by Gasteiger charge is -2.28. The zero-order chi connectivity index (χ0) is 27.8. The predicted molar refractivity (Wildman–Crippen MR) is 154 cm³/mol. The fourth-order valence-electron chi connectivity index (χ4n) is 4.36. The molecule has 2 heterocycles. The lowest BCUT2D eigenvalue weighted by molar-refractivity contribution is -0.139. The quantitative estimate of drug-likeness (QED) is 0.143. The first-order valence-corrected chi connectivity index (χ1v) is 14.5. The molecule has 3 aromatic rings. The monoisotopic (exact) mass is 550 g/mol. The molecule has 9 heteroatoms. The van der Waals surface area contributed by atoms with Crippen molar-refractivity contribution in [3.8, 4) is 11.5 Å². The molecule has 4 rings (SSSR count). The van der Waals surface area contributed by atoms with Gasteiger partial charge in [0.15, 0.2) is 11.5 Å². The molecular formula is C30H38N4O4S. The minimum atomic E-state index is -0.525. The van der Waals surface area contributed by atoms with Crippen molar-refractivity contribution in [2.75, 3.05) is 24.8 Å². The maximum atomic E-state index is 13.4. The topological polar surface area (TPSA) is 87.5 Å². The summed E-state index contributed by atoms with van der Waals surface area (Å²) in [5.41, 5.74) is 4.31. The number of rotatable bonds is 13. The summed E-state index contributed by atoms with van der Waals surface area (Å²) in [6.07, 6.45) is 3.94. The zero-order valence-corrected chi connectivity index (χ0v) is 24.3. The van der Waals surface area contributed by atoms with Crippen LogP contribution in [0, 0.1) is 6.92 Å². The van der Waals surface area contributed by atoms with Crippen LogP contribution in [0.1, 0.15) is 69.2 Å². The van der Waals surface area contributed by atoms with Crippen LogP contribution in [-0.2, 0) is 16.1 Å². The zero-order valence-electron chi connectivity index (χ0n) is 23.5. The highest BCUT2D eigenvalue weighted by Crippen LogP contribution is 2.40. The van der Waals surface area contributed by atoms with Crippen LogP contribution >= 0.6 is 11.8 Å². The number of nitrogens with zero attached hydrogens (tertiary/aromatic N) is 3. The van der Waals surface area contributed by atoms with Gasteiger partial charge in [-0.25, -0.2) is 9.48 Å². The molecule has 0 saturated carbocycles. The average molecular weight is 551 g/mol. The number of aromatic nitrogens is 3. The number of anilines is 1. The van der Waals surface area contributed by atoms with E-state index in [0.717, 1.165) is 42.6 Å². The number of allylic oxidation sites excluding steroid dienone is 1. The summed E-state index contributed by atoms with van der Waals surface area (Å²) in [4.78, 5) is 18.1. The molecule has 1 N–H and O–H groups in total. The van der Waals surface area contributed by atoms with E-state index in [0.29, 0.717) is 47.1 Å². The summed E-state index contributed by atoms with van der Waals surface area (Å²) in [6.45, 7) is 8.97. The van der Waals surface area contributed by atoms with Crippen molar-refractivity contribution in [1.29, 1.82) is 0 Å². The Kier molecular flexibility index (Phi) is 9.92. The largest absolute Gasteiger partial charge is 0.493 e. The summed E-state index contributed by atoms with van der Waals surface area (Å²) in [5, 5.41) is 8.75. The number of aryl methyl sites for hydroxylation is 1. The van der Waals surface area contributed by atoms with Gasteiger partial charge < -0.3 is 19.5 Å². The number of nitrogens with one attached hydrogen (secondary N) is 1. The number of thioether (sulfide) groups is 1. The number of unbranched alkanes of at least 4 members (excludes halogenated alkanes) is 2. The maximum absolute atomic E-state index is 13.4.